The van der Waals surface area contributed by atoms with Gasteiger partial charge in [0.25, 0.3) is 5.56 Å². The molecule has 1 amide bonds. The Kier molecular flexibility index (Phi) is 8.34. The first-order valence-electron chi connectivity index (χ1n) is 13.9. The highest BCUT2D eigenvalue weighted by Crippen LogP contribution is 2.35. The van der Waals surface area contributed by atoms with Gasteiger partial charge in [-0.3, -0.25) is 9.59 Å². The molecular weight excluding hydrogens is 539 g/mol. The van der Waals surface area contributed by atoms with Crippen LogP contribution in [0.4, 0.5) is 24.5 Å². The van der Waals surface area contributed by atoms with Gasteiger partial charge in [0.1, 0.15) is 18.0 Å². The van der Waals surface area contributed by atoms with Gasteiger partial charge in [-0.2, -0.15) is 22.7 Å². The van der Waals surface area contributed by atoms with Crippen LogP contribution < -0.4 is 25.8 Å². The highest BCUT2D eigenvalue weighted by atomic mass is 19.4. The SMILES string of the molecule is CCc1c(N2CCNCC2)c(=O)n2nc(C3=CCCCCC3)nc2n1CC(=O)Nc1ccc(C(F)(F)F)cc1OC. The second kappa shape index (κ2) is 11.9. The second-order valence-electron chi connectivity index (χ2n) is 10.2. The fraction of sp³-hybridized carbons (Fsp3) is 0.500. The van der Waals surface area contributed by atoms with E-state index >= 15 is 0 Å². The number of nitrogens with one attached hydrogen (secondary N) is 2. The van der Waals surface area contributed by atoms with E-state index in [0.29, 0.717) is 49.8 Å². The van der Waals surface area contributed by atoms with Crippen LogP contribution in [0.25, 0.3) is 11.4 Å². The number of halogens is 3. The quantitative estimate of drug-likeness (QED) is 0.442. The van der Waals surface area contributed by atoms with Crippen LogP contribution in [0.2, 0.25) is 0 Å². The van der Waals surface area contributed by atoms with E-state index in [4.69, 9.17) is 9.72 Å². The number of anilines is 2. The summed E-state index contributed by atoms with van der Waals surface area (Å²) >= 11 is 0. The number of amides is 1. The highest BCUT2D eigenvalue weighted by Gasteiger charge is 2.32. The molecule has 1 aliphatic heterocycles. The summed E-state index contributed by atoms with van der Waals surface area (Å²) in [6.07, 6.45) is 2.96. The molecular formula is C28H34F3N7O3. The molecule has 1 saturated heterocycles. The number of piperazine rings is 1. The van der Waals surface area contributed by atoms with Gasteiger partial charge in [0.15, 0.2) is 5.82 Å². The number of aromatic nitrogens is 4. The Hall–Kier alpha value is -3.87. The zero-order chi connectivity index (χ0) is 29.1. The Bertz CT molecular complexity index is 1520. The molecule has 0 bridgehead atoms. The lowest BCUT2D eigenvalue weighted by atomic mass is 10.1. The number of rotatable bonds is 7. The summed E-state index contributed by atoms with van der Waals surface area (Å²) < 4.78 is 47.7. The Morgan fingerprint density at radius 3 is 2.66 bits per heavy atom. The number of carbonyl (C=O) groups is 1. The number of fused-ring (bicyclic) bond motifs is 1. The third-order valence-electron chi connectivity index (χ3n) is 7.53. The molecule has 5 rings (SSSR count). The molecule has 13 heteroatoms. The van der Waals surface area contributed by atoms with Crippen LogP contribution in [0, 0.1) is 0 Å². The predicted octanol–water partition coefficient (Wildman–Crippen LogP) is 3.88. The molecule has 1 aliphatic carbocycles. The van der Waals surface area contributed by atoms with Crippen LogP contribution in [0.5, 0.6) is 5.75 Å². The van der Waals surface area contributed by atoms with Crippen molar-refractivity contribution in [2.24, 2.45) is 0 Å². The summed E-state index contributed by atoms with van der Waals surface area (Å²) in [5, 5.41) is 10.6. The molecule has 10 nitrogen and oxygen atoms in total. The first-order valence-corrected chi connectivity index (χ1v) is 13.9. The van der Waals surface area contributed by atoms with Gasteiger partial charge >= 0.3 is 6.18 Å². The van der Waals surface area contributed by atoms with E-state index in [1.165, 1.54) is 17.7 Å². The van der Waals surface area contributed by atoms with Crippen molar-refractivity contribution < 1.29 is 22.7 Å². The van der Waals surface area contributed by atoms with Crippen molar-refractivity contribution in [3.05, 3.63) is 51.7 Å². The normalized spacial score (nSPS) is 16.4. The molecule has 0 spiro atoms. The fourth-order valence-corrected chi connectivity index (χ4v) is 5.48. The minimum atomic E-state index is -4.55. The van der Waals surface area contributed by atoms with Crippen LogP contribution in [0.15, 0.2) is 29.1 Å². The summed E-state index contributed by atoms with van der Waals surface area (Å²) in [7, 11) is 1.24. The molecule has 0 atom stereocenters. The summed E-state index contributed by atoms with van der Waals surface area (Å²) in [4.78, 5) is 34.0. The molecule has 2 aromatic heterocycles. The van der Waals surface area contributed by atoms with E-state index in [1.54, 1.807) is 4.57 Å². The molecule has 3 aromatic rings. The van der Waals surface area contributed by atoms with E-state index in [0.717, 1.165) is 49.8 Å². The van der Waals surface area contributed by atoms with Crippen molar-refractivity contribution in [2.75, 3.05) is 43.5 Å². The van der Waals surface area contributed by atoms with E-state index in [1.807, 2.05) is 11.8 Å². The largest absolute Gasteiger partial charge is 0.495 e. The van der Waals surface area contributed by atoms with Crippen molar-refractivity contribution in [3.8, 4) is 5.75 Å². The Labute approximate surface area is 235 Å². The standard InChI is InChI=1S/C28H34F3N7O3/c1-3-21-24(36-14-12-32-13-15-36)26(40)38-27(34-25(35-38)18-8-6-4-5-7-9-18)37(21)17-23(39)33-20-11-10-19(28(29,30)31)16-22(20)41-2/h8,10-11,16,32H,3-7,9,12-15,17H2,1-2H3,(H,33,39). The zero-order valence-corrected chi connectivity index (χ0v) is 23.2. The minimum absolute atomic E-state index is 0.105. The first kappa shape index (κ1) is 28.7. The lowest BCUT2D eigenvalue weighted by Gasteiger charge is -2.31. The van der Waals surface area contributed by atoms with Crippen LogP contribution in [-0.2, 0) is 23.9 Å². The van der Waals surface area contributed by atoms with Crippen molar-refractivity contribution >= 4 is 28.6 Å². The predicted molar refractivity (Wildman–Crippen MR) is 149 cm³/mol. The summed E-state index contributed by atoms with van der Waals surface area (Å²) in [5.74, 6) is 0.107. The average Bonchev–Trinajstić information content (AvgIpc) is 3.23. The van der Waals surface area contributed by atoms with E-state index in [2.05, 4.69) is 21.8 Å². The number of carbonyl (C=O) groups excluding carboxylic acids is 1. The average molecular weight is 574 g/mol. The van der Waals surface area contributed by atoms with Crippen molar-refractivity contribution in [1.82, 2.24) is 24.5 Å². The summed E-state index contributed by atoms with van der Waals surface area (Å²) in [5.41, 5.74) is 1.05. The van der Waals surface area contributed by atoms with Crippen molar-refractivity contribution in [1.29, 1.82) is 0 Å². The maximum Gasteiger partial charge on any atom is 0.416 e. The molecule has 3 heterocycles. The van der Waals surface area contributed by atoms with Crippen LogP contribution >= 0.6 is 0 Å². The van der Waals surface area contributed by atoms with Crippen LogP contribution in [-0.4, -0.2) is 58.4 Å². The minimum Gasteiger partial charge on any atom is -0.495 e. The highest BCUT2D eigenvalue weighted by molar-refractivity contribution is 5.92. The molecule has 220 valence electrons. The van der Waals surface area contributed by atoms with Gasteiger partial charge in [-0.15, -0.1) is 5.10 Å². The lowest BCUT2D eigenvalue weighted by Crippen LogP contribution is -2.47. The van der Waals surface area contributed by atoms with Gasteiger partial charge in [-0.1, -0.05) is 19.4 Å². The number of methoxy groups -OCH3 is 1. The topological polar surface area (TPSA) is 106 Å². The number of allylic oxidation sites excluding steroid dienone is 2. The molecule has 2 N–H and O–H groups in total. The van der Waals surface area contributed by atoms with Gasteiger partial charge in [-0.05, 0) is 55.9 Å². The number of hydrogen-bond acceptors (Lipinski definition) is 7. The van der Waals surface area contributed by atoms with Crippen molar-refractivity contribution in [2.45, 2.75) is 58.2 Å². The van der Waals surface area contributed by atoms with Gasteiger partial charge in [0.2, 0.25) is 11.7 Å². The number of benzene rings is 1. The zero-order valence-electron chi connectivity index (χ0n) is 23.2. The summed E-state index contributed by atoms with van der Waals surface area (Å²) in [6.45, 7) is 4.35. The lowest BCUT2D eigenvalue weighted by molar-refractivity contribution is -0.137. The maximum absolute atomic E-state index is 13.9. The number of ether oxygens (including phenoxy) is 1. The van der Waals surface area contributed by atoms with E-state index < -0.39 is 17.6 Å². The Morgan fingerprint density at radius 2 is 1.95 bits per heavy atom. The molecule has 2 aliphatic rings. The molecule has 0 radical (unpaired) electrons. The maximum atomic E-state index is 13.9. The molecule has 0 unspecified atom stereocenters. The van der Waals surface area contributed by atoms with Gasteiger partial charge in [0, 0.05) is 26.2 Å². The number of hydrogen-bond donors (Lipinski definition) is 2. The molecule has 1 fully saturated rings. The summed E-state index contributed by atoms with van der Waals surface area (Å²) in [6, 6.07) is 2.90. The number of alkyl halides is 3. The Balaban J connectivity index is 1.57. The Morgan fingerprint density at radius 1 is 1.17 bits per heavy atom. The second-order valence-corrected chi connectivity index (χ2v) is 10.2. The van der Waals surface area contributed by atoms with Crippen LogP contribution in [0.1, 0.15) is 56.1 Å². The molecule has 0 saturated carbocycles. The van der Waals surface area contributed by atoms with E-state index in [-0.39, 0.29) is 29.3 Å². The first-order chi connectivity index (χ1) is 19.7. The van der Waals surface area contributed by atoms with Gasteiger partial charge < -0.3 is 24.8 Å². The third-order valence-corrected chi connectivity index (χ3v) is 7.53. The molecule has 41 heavy (non-hydrogen) atoms. The fourth-order valence-electron chi connectivity index (χ4n) is 5.48. The third kappa shape index (κ3) is 5.95. The van der Waals surface area contributed by atoms with Gasteiger partial charge in [0.05, 0.1) is 24.1 Å². The molecule has 1 aromatic carbocycles. The smallest absolute Gasteiger partial charge is 0.416 e. The van der Waals surface area contributed by atoms with Crippen LogP contribution in [0.3, 0.4) is 0 Å². The van der Waals surface area contributed by atoms with Gasteiger partial charge in [-0.25, -0.2) is 0 Å². The van der Waals surface area contributed by atoms with E-state index in [9.17, 15) is 22.8 Å². The monoisotopic (exact) mass is 573 g/mol. The van der Waals surface area contributed by atoms with Crippen molar-refractivity contribution in [3.63, 3.8) is 0 Å². The number of nitrogens with zero attached hydrogens (tertiary/aromatic N) is 5.